The van der Waals surface area contributed by atoms with E-state index in [1.165, 1.54) is 0 Å². The van der Waals surface area contributed by atoms with Crippen LogP contribution in [0.3, 0.4) is 0 Å². The van der Waals surface area contributed by atoms with E-state index in [0.29, 0.717) is 4.90 Å². The summed E-state index contributed by atoms with van der Waals surface area (Å²) in [5.74, 6) is 0. The molecule has 0 radical (unpaired) electrons. The van der Waals surface area contributed by atoms with Crippen LogP contribution in [0.2, 0.25) is 0 Å². The van der Waals surface area contributed by atoms with Gasteiger partial charge in [0.1, 0.15) is 0 Å². The van der Waals surface area contributed by atoms with E-state index in [2.05, 4.69) is 0 Å². The summed E-state index contributed by atoms with van der Waals surface area (Å²) in [5, 5.41) is 0. The molecule has 68 valence electrons. The summed E-state index contributed by atoms with van der Waals surface area (Å²) in [5.41, 5.74) is 2.89. The van der Waals surface area contributed by atoms with Crippen molar-refractivity contribution in [2.75, 3.05) is 0 Å². The summed E-state index contributed by atoms with van der Waals surface area (Å²) < 4.78 is 19.8. The molecule has 1 aromatic rings. The van der Waals surface area contributed by atoms with Crippen molar-refractivity contribution in [1.82, 2.24) is 0 Å². The number of hydrogen-bond donors (Lipinski definition) is 1. The fraction of sp³-hybridized carbons (Fsp3) is 0.333. The quantitative estimate of drug-likeness (QED) is 0.472. The molecule has 4 heteroatoms. The molecule has 13 heavy (non-hydrogen) atoms. The number of rotatable bonds is 1. The first-order valence-corrected chi connectivity index (χ1v) is 4.81. The van der Waals surface area contributed by atoms with Crippen LogP contribution in [0.1, 0.15) is 18.1 Å². The van der Waals surface area contributed by atoms with Gasteiger partial charge in [-0.1, -0.05) is 17.7 Å². The average molecular weight is 192 g/mol. The van der Waals surface area contributed by atoms with E-state index in [4.69, 9.17) is 4.55 Å². The normalized spacial score (nSPS) is 12.0. The minimum Gasteiger partial charge on any atom is -1.00 e. The topological polar surface area (TPSA) is 37.3 Å². The molecule has 0 fully saturated rings. The zero-order valence-corrected chi connectivity index (χ0v) is 9.23. The maximum atomic E-state index is 10.9. The molecule has 0 aliphatic carbocycles. The van der Waals surface area contributed by atoms with Crippen LogP contribution in [-0.4, -0.2) is 8.76 Å². The Morgan fingerprint density at radius 2 is 1.62 bits per heavy atom. The molecule has 0 aromatic heterocycles. The van der Waals surface area contributed by atoms with Gasteiger partial charge in [-0.3, -0.25) is 0 Å². The predicted molar refractivity (Wildman–Crippen MR) is 50.8 cm³/mol. The Bertz CT molecular complexity index is 319. The van der Waals surface area contributed by atoms with Crippen LogP contribution in [0, 0.1) is 20.8 Å². The second-order valence-electron chi connectivity index (χ2n) is 2.98. The van der Waals surface area contributed by atoms with Gasteiger partial charge in [-0.2, -0.15) is 0 Å². The fourth-order valence-electron chi connectivity index (χ4n) is 1.44. The van der Waals surface area contributed by atoms with Gasteiger partial charge in [0.15, 0.2) is 11.1 Å². The molecule has 0 spiro atoms. The van der Waals surface area contributed by atoms with Gasteiger partial charge in [0.2, 0.25) is 0 Å². The summed E-state index contributed by atoms with van der Waals surface area (Å²) >= 11 is -1.86. The van der Waals surface area contributed by atoms with E-state index in [9.17, 15) is 4.21 Å². The van der Waals surface area contributed by atoms with Crippen molar-refractivity contribution in [3.05, 3.63) is 28.8 Å². The van der Waals surface area contributed by atoms with Crippen molar-refractivity contribution in [2.45, 2.75) is 25.7 Å². The molecular weight excluding hydrogens is 179 g/mol. The molecule has 0 saturated carbocycles. The largest absolute Gasteiger partial charge is 1.00 e. The third-order valence-corrected chi connectivity index (χ3v) is 2.77. The molecule has 2 nitrogen and oxygen atoms in total. The predicted octanol–water partition coefficient (Wildman–Crippen LogP) is -0.691. The maximum absolute atomic E-state index is 10.9. The molecule has 0 aliphatic heterocycles. The summed E-state index contributed by atoms with van der Waals surface area (Å²) in [6.07, 6.45) is 0. The van der Waals surface area contributed by atoms with Gasteiger partial charge in [0, 0.05) is 0 Å². The first-order valence-electron chi connectivity index (χ1n) is 3.71. The third kappa shape index (κ3) is 2.96. The monoisotopic (exact) mass is 192 g/mol. The number of aryl methyl sites for hydroxylation is 3. The van der Waals surface area contributed by atoms with Gasteiger partial charge in [0.25, 0.3) is 0 Å². The van der Waals surface area contributed by atoms with Crippen molar-refractivity contribution in [2.24, 2.45) is 0 Å². The Morgan fingerprint density at radius 3 is 1.92 bits per heavy atom. The Labute approximate surface area is 94.7 Å². The third-order valence-electron chi connectivity index (χ3n) is 1.78. The van der Waals surface area contributed by atoms with Crippen LogP contribution < -0.4 is 18.9 Å². The van der Waals surface area contributed by atoms with Crippen LogP contribution in [0.5, 0.6) is 0 Å². The fourth-order valence-corrected chi connectivity index (χ4v) is 2.11. The van der Waals surface area contributed by atoms with E-state index < -0.39 is 11.1 Å². The first kappa shape index (κ1) is 12.9. The summed E-state index contributed by atoms with van der Waals surface area (Å²) in [7, 11) is 0. The molecule has 1 unspecified atom stereocenters. The van der Waals surface area contributed by atoms with Gasteiger partial charge in [-0.05, 0) is 31.9 Å². The van der Waals surface area contributed by atoms with Crippen LogP contribution in [-0.2, 0) is 11.1 Å². The summed E-state index contributed by atoms with van der Waals surface area (Å²) in [6, 6.07) is 3.83. The van der Waals surface area contributed by atoms with Crippen molar-refractivity contribution in [3.63, 3.8) is 0 Å². The number of hydrogen-bond acceptors (Lipinski definition) is 1. The first-order chi connectivity index (χ1) is 5.52. The average Bonchev–Trinajstić information content (AvgIpc) is 1.82. The molecule has 0 aliphatic rings. The van der Waals surface area contributed by atoms with E-state index in [0.717, 1.165) is 16.7 Å². The Morgan fingerprint density at radius 1 is 1.23 bits per heavy atom. The molecule has 0 saturated heterocycles. The SMILES string of the molecule is Cc1cc(C)c(S(=O)O)c(C)c1.[H-].[Li+]. The Kier molecular flexibility index (Phi) is 4.94. The smallest absolute Gasteiger partial charge is 1.00 e. The minimum atomic E-state index is -1.86. The minimum absolute atomic E-state index is 0. The molecule has 0 bridgehead atoms. The van der Waals surface area contributed by atoms with Crippen LogP contribution in [0.4, 0.5) is 0 Å². The zero-order valence-electron chi connectivity index (χ0n) is 9.42. The molecular formula is C9H13LiO2S. The summed E-state index contributed by atoms with van der Waals surface area (Å²) in [4.78, 5) is 0.542. The second kappa shape index (κ2) is 4.97. The second-order valence-corrected chi connectivity index (χ2v) is 3.88. The standard InChI is InChI=1S/C9H12O2S.Li.H/c1-6-4-7(2)9(12(10)11)8(3)5-6;;/h4-5H,1-3H3,(H,10,11);;/q;+1;-1. The van der Waals surface area contributed by atoms with Crippen molar-refractivity contribution in [3.8, 4) is 0 Å². The molecule has 0 amide bonds. The van der Waals surface area contributed by atoms with Gasteiger partial charge < -0.3 is 5.98 Å². The van der Waals surface area contributed by atoms with E-state index in [1.54, 1.807) is 0 Å². The molecule has 1 aromatic carbocycles. The summed E-state index contributed by atoms with van der Waals surface area (Å²) in [6.45, 7) is 5.68. The van der Waals surface area contributed by atoms with E-state index in [-0.39, 0.29) is 20.3 Å². The van der Waals surface area contributed by atoms with Crippen LogP contribution >= 0.6 is 0 Å². The number of benzene rings is 1. The molecule has 1 rings (SSSR count). The van der Waals surface area contributed by atoms with Crippen LogP contribution in [0.15, 0.2) is 17.0 Å². The Balaban J connectivity index is 0. The van der Waals surface area contributed by atoms with Gasteiger partial charge in [-0.25, -0.2) is 4.21 Å². The van der Waals surface area contributed by atoms with Gasteiger partial charge >= 0.3 is 18.9 Å². The van der Waals surface area contributed by atoms with Crippen LogP contribution in [0.25, 0.3) is 0 Å². The van der Waals surface area contributed by atoms with E-state index in [1.807, 2.05) is 32.9 Å². The van der Waals surface area contributed by atoms with Crippen molar-refractivity contribution in [1.29, 1.82) is 0 Å². The maximum Gasteiger partial charge on any atom is 1.00 e. The van der Waals surface area contributed by atoms with Gasteiger partial charge in [-0.15, -0.1) is 0 Å². The molecule has 1 atom stereocenters. The van der Waals surface area contributed by atoms with Crippen molar-refractivity contribution < 1.29 is 29.0 Å². The van der Waals surface area contributed by atoms with E-state index >= 15 is 0 Å². The zero-order chi connectivity index (χ0) is 9.30. The van der Waals surface area contributed by atoms with Gasteiger partial charge in [0.05, 0.1) is 4.90 Å². The molecule has 0 heterocycles. The Hall–Kier alpha value is -0.0726. The van der Waals surface area contributed by atoms with Crippen molar-refractivity contribution >= 4 is 11.1 Å². The molecule has 1 N–H and O–H groups in total.